The molecule has 2 heteroatoms. The second kappa shape index (κ2) is 12.8. The predicted octanol–water partition coefficient (Wildman–Crippen LogP) is 16.8. The maximum atomic E-state index is 6.88. The molecule has 0 aliphatic carbocycles. The minimum Gasteiger partial charge on any atom is -0.456 e. The van der Waals surface area contributed by atoms with Crippen molar-refractivity contribution in [3.8, 4) is 44.5 Å². The highest BCUT2D eigenvalue weighted by molar-refractivity contribution is 6.31. The van der Waals surface area contributed by atoms with Crippen LogP contribution in [0.1, 0.15) is 0 Å². The minimum atomic E-state index is 0.858. The molecule has 11 aromatic carbocycles. The van der Waals surface area contributed by atoms with Gasteiger partial charge in [0.2, 0.25) is 0 Å². The van der Waals surface area contributed by atoms with Crippen molar-refractivity contribution in [1.29, 1.82) is 0 Å². The summed E-state index contributed by atoms with van der Waals surface area (Å²) in [5.41, 5.74) is 12.9. The first kappa shape index (κ1) is 33.1. The molecule has 0 aliphatic rings. The quantitative estimate of drug-likeness (QED) is 0.132. The van der Waals surface area contributed by atoms with Gasteiger partial charge < -0.3 is 8.83 Å². The van der Waals surface area contributed by atoms with Gasteiger partial charge in [0.25, 0.3) is 0 Å². The summed E-state index contributed by atoms with van der Waals surface area (Å²) in [5.74, 6) is 0. The van der Waals surface area contributed by atoms with Crippen LogP contribution in [-0.4, -0.2) is 0 Å². The second-order valence-corrected chi connectivity index (χ2v) is 15.9. The van der Waals surface area contributed by atoms with E-state index in [-0.39, 0.29) is 0 Å². The van der Waals surface area contributed by atoms with Crippen LogP contribution >= 0.6 is 0 Å². The van der Waals surface area contributed by atoms with Gasteiger partial charge in [-0.15, -0.1) is 0 Å². The Labute approximate surface area is 345 Å². The SMILES string of the molecule is c1ccc(-c2ccccc2-c2c3ccccc3c(-c3cc(-c4ccc5c(c4)oc4c6ccccc6c6ccccc6c54)cc4oc5ccccc5c34)c3ccccc23)cc1. The van der Waals surface area contributed by atoms with Crippen LogP contribution in [0.3, 0.4) is 0 Å². The van der Waals surface area contributed by atoms with Crippen molar-refractivity contribution in [2.45, 2.75) is 0 Å². The molecule has 0 amide bonds. The first-order valence-corrected chi connectivity index (χ1v) is 20.6. The van der Waals surface area contributed by atoms with Crippen LogP contribution in [-0.2, 0) is 0 Å². The standard InChI is InChI=1S/C58H34O2/c1-2-16-35(17-3-1)38-18-4-7-21-41(38)54-43-23-9-11-25-45(43)55(46-26-12-10-24-44(46)54)50-32-37(34-53-56(50)48-28-14-15-29-51(48)59-53)36-30-31-49-52(33-36)60-58-47-27-13-6-20-40(47)39-19-5-8-22-42(39)57(49)58/h1-34H. The van der Waals surface area contributed by atoms with Gasteiger partial charge >= 0.3 is 0 Å². The molecular weight excluding hydrogens is 729 g/mol. The summed E-state index contributed by atoms with van der Waals surface area (Å²) in [7, 11) is 0. The Hall–Kier alpha value is -7.94. The Morgan fingerprint density at radius 3 is 1.43 bits per heavy atom. The smallest absolute Gasteiger partial charge is 0.143 e. The van der Waals surface area contributed by atoms with Gasteiger partial charge in [0.15, 0.2) is 0 Å². The van der Waals surface area contributed by atoms with Crippen LogP contribution in [0, 0.1) is 0 Å². The predicted molar refractivity (Wildman–Crippen MR) is 253 cm³/mol. The van der Waals surface area contributed by atoms with Crippen LogP contribution in [0.25, 0.3) is 131 Å². The first-order valence-electron chi connectivity index (χ1n) is 20.6. The summed E-state index contributed by atoms with van der Waals surface area (Å²) >= 11 is 0. The molecule has 13 aromatic rings. The van der Waals surface area contributed by atoms with Crippen LogP contribution < -0.4 is 0 Å². The van der Waals surface area contributed by atoms with E-state index in [1.807, 2.05) is 0 Å². The Morgan fingerprint density at radius 1 is 0.233 bits per heavy atom. The third kappa shape index (κ3) is 4.76. The summed E-state index contributed by atoms with van der Waals surface area (Å²) < 4.78 is 13.6. The molecule has 0 aliphatic heterocycles. The van der Waals surface area contributed by atoms with E-state index in [2.05, 4.69) is 206 Å². The normalized spacial score (nSPS) is 12.0. The van der Waals surface area contributed by atoms with Crippen molar-refractivity contribution in [2.75, 3.05) is 0 Å². The van der Waals surface area contributed by atoms with E-state index in [9.17, 15) is 0 Å². The lowest BCUT2D eigenvalue weighted by Gasteiger charge is -2.20. The van der Waals surface area contributed by atoms with Crippen LogP contribution in [0.15, 0.2) is 215 Å². The molecule has 13 rings (SSSR count). The van der Waals surface area contributed by atoms with E-state index in [0.29, 0.717) is 0 Å². The van der Waals surface area contributed by atoms with Gasteiger partial charge in [0.1, 0.15) is 22.3 Å². The maximum Gasteiger partial charge on any atom is 0.143 e. The van der Waals surface area contributed by atoms with Gasteiger partial charge in [-0.1, -0.05) is 176 Å². The number of fused-ring (bicyclic) bond motifs is 13. The van der Waals surface area contributed by atoms with Crippen molar-refractivity contribution in [1.82, 2.24) is 0 Å². The molecule has 0 atom stereocenters. The van der Waals surface area contributed by atoms with Gasteiger partial charge in [-0.05, 0) is 113 Å². The summed E-state index contributed by atoms with van der Waals surface area (Å²) in [6.07, 6.45) is 0. The molecule has 0 saturated heterocycles. The molecule has 0 fully saturated rings. The second-order valence-electron chi connectivity index (χ2n) is 15.9. The van der Waals surface area contributed by atoms with Crippen LogP contribution in [0.5, 0.6) is 0 Å². The van der Waals surface area contributed by atoms with Crippen molar-refractivity contribution < 1.29 is 8.83 Å². The Bertz CT molecular complexity index is 3830. The average molecular weight is 763 g/mol. The first-order chi connectivity index (χ1) is 29.8. The van der Waals surface area contributed by atoms with E-state index >= 15 is 0 Å². The third-order valence-electron chi connectivity index (χ3n) is 12.6. The lowest BCUT2D eigenvalue weighted by atomic mass is 9.82. The summed E-state index contributed by atoms with van der Waals surface area (Å²) in [6, 6.07) is 74.4. The van der Waals surface area contributed by atoms with Gasteiger partial charge in [0, 0.05) is 26.9 Å². The van der Waals surface area contributed by atoms with Gasteiger partial charge in [-0.25, -0.2) is 0 Å². The van der Waals surface area contributed by atoms with Gasteiger partial charge in [-0.2, -0.15) is 0 Å². The highest BCUT2D eigenvalue weighted by atomic mass is 16.3. The molecule has 0 bridgehead atoms. The number of furan rings is 2. The lowest BCUT2D eigenvalue weighted by Crippen LogP contribution is -1.93. The fourth-order valence-electron chi connectivity index (χ4n) is 10.1. The molecule has 60 heavy (non-hydrogen) atoms. The van der Waals surface area contributed by atoms with E-state index in [0.717, 1.165) is 66.0 Å². The fourth-order valence-corrected chi connectivity index (χ4v) is 10.1. The number of hydrogen-bond acceptors (Lipinski definition) is 2. The number of para-hydroxylation sites is 1. The van der Waals surface area contributed by atoms with E-state index in [4.69, 9.17) is 8.83 Å². The molecule has 0 saturated carbocycles. The topological polar surface area (TPSA) is 26.3 Å². The molecule has 0 N–H and O–H groups in total. The monoisotopic (exact) mass is 762 g/mol. The van der Waals surface area contributed by atoms with Crippen LogP contribution in [0.2, 0.25) is 0 Å². The van der Waals surface area contributed by atoms with Crippen molar-refractivity contribution in [3.05, 3.63) is 206 Å². The highest BCUT2D eigenvalue weighted by Crippen LogP contribution is 2.50. The highest BCUT2D eigenvalue weighted by Gasteiger charge is 2.23. The Balaban J connectivity index is 1.11. The van der Waals surface area contributed by atoms with E-state index in [1.165, 1.54) is 65.5 Å². The van der Waals surface area contributed by atoms with Crippen LogP contribution in [0.4, 0.5) is 0 Å². The van der Waals surface area contributed by atoms with Crippen molar-refractivity contribution in [2.24, 2.45) is 0 Å². The van der Waals surface area contributed by atoms with Crippen molar-refractivity contribution >= 4 is 87.0 Å². The van der Waals surface area contributed by atoms with E-state index < -0.39 is 0 Å². The lowest BCUT2D eigenvalue weighted by molar-refractivity contribution is 0.669. The van der Waals surface area contributed by atoms with Crippen molar-refractivity contribution in [3.63, 3.8) is 0 Å². The molecular formula is C58H34O2. The summed E-state index contributed by atoms with van der Waals surface area (Å²) in [5, 5.41) is 14.1. The number of rotatable bonds is 4. The molecule has 2 heterocycles. The zero-order valence-corrected chi connectivity index (χ0v) is 32.4. The van der Waals surface area contributed by atoms with E-state index in [1.54, 1.807) is 0 Å². The molecule has 2 nitrogen and oxygen atoms in total. The van der Waals surface area contributed by atoms with Gasteiger partial charge in [0.05, 0.1) is 0 Å². The zero-order chi connectivity index (χ0) is 39.3. The zero-order valence-electron chi connectivity index (χ0n) is 32.4. The maximum absolute atomic E-state index is 6.88. The third-order valence-corrected chi connectivity index (χ3v) is 12.6. The average Bonchev–Trinajstić information content (AvgIpc) is 3.90. The molecule has 0 radical (unpaired) electrons. The Kier molecular flexibility index (Phi) is 7.05. The fraction of sp³-hybridized carbons (Fsp3) is 0. The molecule has 0 unspecified atom stereocenters. The number of benzene rings is 11. The number of hydrogen-bond donors (Lipinski definition) is 0. The molecule has 2 aromatic heterocycles. The summed E-state index contributed by atoms with van der Waals surface area (Å²) in [6.45, 7) is 0. The molecule has 278 valence electrons. The Morgan fingerprint density at radius 2 is 0.733 bits per heavy atom. The van der Waals surface area contributed by atoms with Gasteiger partial charge in [-0.3, -0.25) is 0 Å². The molecule has 0 spiro atoms. The largest absolute Gasteiger partial charge is 0.456 e. The minimum absolute atomic E-state index is 0.858. The summed E-state index contributed by atoms with van der Waals surface area (Å²) in [4.78, 5) is 0.